The summed E-state index contributed by atoms with van der Waals surface area (Å²) in [6.45, 7) is 1.50. The molecule has 1 rings (SSSR count). The third-order valence-corrected chi connectivity index (χ3v) is 2.57. The lowest BCUT2D eigenvalue weighted by Crippen LogP contribution is -2.34. The number of methoxy groups -OCH3 is 1. The minimum absolute atomic E-state index is 0.177. The van der Waals surface area contributed by atoms with Crippen LogP contribution in [0.5, 0.6) is 5.75 Å². The summed E-state index contributed by atoms with van der Waals surface area (Å²) < 4.78 is 4.78. The summed E-state index contributed by atoms with van der Waals surface area (Å²) in [5.74, 6) is -0.157. The SMILES string of the molecule is COC(=O)C(NCCN(C)C)c1ccc(O)cc1. The van der Waals surface area contributed by atoms with Crippen LogP contribution in [-0.4, -0.2) is 50.3 Å². The van der Waals surface area contributed by atoms with E-state index in [0.29, 0.717) is 6.54 Å². The molecule has 5 heteroatoms. The van der Waals surface area contributed by atoms with E-state index in [0.717, 1.165) is 12.1 Å². The highest BCUT2D eigenvalue weighted by Gasteiger charge is 2.20. The van der Waals surface area contributed by atoms with Crippen molar-refractivity contribution < 1.29 is 14.6 Å². The van der Waals surface area contributed by atoms with Crippen molar-refractivity contribution in [3.05, 3.63) is 29.8 Å². The molecule has 0 aliphatic carbocycles. The molecule has 0 aliphatic rings. The van der Waals surface area contributed by atoms with E-state index in [2.05, 4.69) is 5.32 Å². The highest BCUT2D eigenvalue weighted by molar-refractivity contribution is 5.77. The zero-order valence-corrected chi connectivity index (χ0v) is 11.0. The van der Waals surface area contributed by atoms with Gasteiger partial charge in [-0.15, -0.1) is 0 Å². The Bertz CT molecular complexity index is 376. The first-order chi connectivity index (χ1) is 8.54. The summed E-state index contributed by atoms with van der Waals surface area (Å²) in [6.07, 6.45) is 0. The number of likely N-dealkylation sites (N-methyl/N-ethyl adjacent to an activating group) is 1. The predicted molar refractivity (Wildman–Crippen MR) is 69.4 cm³/mol. The second kappa shape index (κ2) is 6.98. The zero-order chi connectivity index (χ0) is 13.5. The fourth-order valence-electron chi connectivity index (χ4n) is 1.55. The Morgan fingerprint density at radius 1 is 1.39 bits per heavy atom. The number of esters is 1. The first-order valence-corrected chi connectivity index (χ1v) is 5.79. The molecule has 0 amide bonds. The van der Waals surface area contributed by atoms with Crippen molar-refractivity contribution in [1.29, 1.82) is 0 Å². The maximum absolute atomic E-state index is 11.7. The quantitative estimate of drug-likeness (QED) is 0.732. The van der Waals surface area contributed by atoms with Crippen molar-refractivity contribution in [1.82, 2.24) is 10.2 Å². The third kappa shape index (κ3) is 4.35. The van der Waals surface area contributed by atoms with Crippen LogP contribution in [0.15, 0.2) is 24.3 Å². The molecule has 0 spiro atoms. The van der Waals surface area contributed by atoms with Crippen LogP contribution in [0.1, 0.15) is 11.6 Å². The Morgan fingerprint density at radius 2 is 2.00 bits per heavy atom. The number of aromatic hydroxyl groups is 1. The van der Waals surface area contributed by atoms with E-state index in [9.17, 15) is 9.90 Å². The minimum Gasteiger partial charge on any atom is -0.508 e. The Morgan fingerprint density at radius 3 is 2.50 bits per heavy atom. The molecule has 100 valence electrons. The second-order valence-corrected chi connectivity index (χ2v) is 4.31. The Hall–Kier alpha value is -1.59. The molecule has 0 heterocycles. The van der Waals surface area contributed by atoms with Gasteiger partial charge in [-0.3, -0.25) is 5.32 Å². The summed E-state index contributed by atoms with van der Waals surface area (Å²) in [4.78, 5) is 13.7. The van der Waals surface area contributed by atoms with E-state index >= 15 is 0 Å². The van der Waals surface area contributed by atoms with Gasteiger partial charge < -0.3 is 14.7 Å². The maximum Gasteiger partial charge on any atom is 0.327 e. The average molecular weight is 252 g/mol. The normalized spacial score (nSPS) is 12.4. The molecule has 1 atom stereocenters. The first kappa shape index (κ1) is 14.5. The largest absolute Gasteiger partial charge is 0.508 e. The number of carbonyl (C=O) groups is 1. The Kier molecular flexibility index (Phi) is 5.61. The Labute approximate surface area is 107 Å². The molecule has 0 bridgehead atoms. The second-order valence-electron chi connectivity index (χ2n) is 4.31. The van der Waals surface area contributed by atoms with Gasteiger partial charge >= 0.3 is 5.97 Å². The van der Waals surface area contributed by atoms with Gasteiger partial charge in [0, 0.05) is 13.1 Å². The van der Waals surface area contributed by atoms with Crippen LogP contribution < -0.4 is 5.32 Å². The monoisotopic (exact) mass is 252 g/mol. The molecule has 1 aromatic carbocycles. The number of hydrogen-bond acceptors (Lipinski definition) is 5. The van der Waals surface area contributed by atoms with E-state index in [-0.39, 0.29) is 11.7 Å². The fraction of sp³-hybridized carbons (Fsp3) is 0.462. The van der Waals surface area contributed by atoms with Crippen molar-refractivity contribution in [3.8, 4) is 5.75 Å². The number of carbonyl (C=O) groups excluding carboxylic acids is 1. The molecule has 0 radical (unpaired) electrons. The van der Waals surface area contributed by atoms with Crippen LogP contribution in [-0.2, 0) is 9.53 Å². The summed E-state index contributed by atoms with van der Waals surface area (Å²) in [7, 11) is 5.30. The van der Waals surface area contributed by atoms with E-state index < -0.39 is 6.04 Å². The molecule has 18 heavy (non-hydrogen) atoms. The number of phenolic OH excluding ortho intramolecular Hbond substituents is 1. The zero-order valence-electron chi connectivity index (χ0n) is 11.0. The molecule has 0 aromatic heterocycles. The van der Waals surface area contributed by atoms with Gasteiger partial charge in [-0.25, -0.2) is 4.79 Å². The highest BCUT2D eigenvalue weighted by Crippen LogP contribution is 2.17. The van der Waals surface area contributed by atoms with Crippen LogP contribution in [0.4, 0.5) is 0 Å². The molecular weight excluding hydrogens is 232 g/mol. The van der Waals surface area contributed by atoms with Gasteiger partial charge in [0.25, 0.3) is 0 Å². The van der Waals surface area contributed by atoms with Gasteiger partial charge in [0.15, 0.2) is 0 Å². The topological polar surface area (TPSA) is 61.8 Å². The molecule has 2 N–H and O–H groups in total. The number of benzene rings is 1. The smallest absolute Gasteiger partial charge is 0.327 e. The summed E-state index contributed by atoms with van der Waals surface area (Å²) in [5, 5.41) is 12.4. The standard InChI is InChI=1S/C13H20N2O3/c1-15(2)9-8-14-12(13(17)18-3)10-4-6-11(16)7-5-10/h4-7,12,14,16H,8-9H2,1-3H3. The molecule has 0 fully saturated rings. The molecular formula is C13H20N2O3. The summed E-state index contributed by atoms with van der Waals surface area (Å²) in [6, 6.07) is 6.02. The number of ether oxygens (including phenoxy) is 1. The minimum atomic E-state index is -0.504. The number of rotatable bonds is 6. The van der Waals surface area contributed by atoms with Crippen molar-refractivity contribution in [3.63, 3.8) is 0 Å². The lowest BCUT2D eigenvalue weighted by atomic mass is 10.1. The van der Waals surface area contributed by atoms with Crippen molar-refractivity contribution >= 4 is 5.97 Å². The highest BCUT2D eigenvalue weighted by atomic mass is 16.5. The van der Waals surface area contributed by atoms with Gasteiger partial charge in [0.1, 0.15) is 11.8 Å². The van der Waals surface area contributed by atoms with Crippen molar-refractivity contribution in [2.45, 2.75) is 6.04 Å². The number of hydrogen-bond donors (Lipinski definition) is 2. The predicted octanol–water partition coefficient (Wildman–Crippen LogP) is 0.757. The lowest BCUT2D eigenvalue weighted by molar-refractivity contribution is -0.143. The van der Waals surface area contributed by atoms with E-state index in [1.165, 1.54) is 7.11 Å². The number of nitrogens with zero attached hydrogens (tertiary/aromatic N) is 1. The third-order valence-electron chi connectivity index (χ3n) is 2.57. The van der Waals surface area contributed by atoms with Gasteiger partial charge in [-0.1, -0.05) is 12.1 Å². The molecule has 0 aliphatic heterocycles. The van der Waals surface area contributed by atoms with E-state index in [4.69, 9.17) is 4.74 Å². The van der Waals surface area contributed by atoms with Crippen LogP contribution in [0.25, 0.3) is 0 Å². The van der Waals surface area contributed by atoms with Gasteiger partial charge in [0.2, 0.25) is 0 Å². The fourth-order valence-corrected chi connectivity index (χ4v) is 1.55. The van der Waals surface area contributed by atoms with Crippen LogP contribution in [0, 0.1) is 0 Å². The molecule has 0 saturated carbocycles. The van der Waals surface area contributed by atoms with E-state index in [1.54, 1.807) is 24.3 Å². The first-order valence-electron chi connectivity index (χ1n) is 5.79. The van der Waals surface area contributed by atoms with Crippen LogP contribution >= 0.6 is 0 Å². The number of phenols is 1. The molecule has 1 unspecified atom stereocenters. The molecule has 5 nitrogen and oxygen atoms in total. The summed E-state index contributed by atoms with van der Waals surface area (Å²) in [5.41, 5.74) is 0.776. The van der Waals surface area contributed by atoms with Crippen molar-refractivity contribution in [2.24, 2.45) is 0 Å². The van der Waals surface area contributed by atoms with Gasteiger partial charge in [-0.2, -0.15) is 0 Å². The van der Waals surface area contributed by atoms with Crippen LogP contribution in [0.2, 0.25) is 0 Å². The average Bonchev–Trinajstić information content (AvgIpc) is 2.35. The number of nitrogens with one attached hydrogen (secondary N) is 1. The van der Waals surface area contributed by atoms with Gasteiger partial charge in [0.05, 0.1) is 7.11 Å². The maximum atomic E-state index is 11.7. The lowest BCUT2D eigenvalue weighted by Gasteiger charge is -2.18. The summed E-state index contributed by atoms with van der Waals surface area (Å²) >= 11 is 0. The molecule has 1 aromatic rings. The molecule has 0 saturated heterocycles. The van der Waals surface area contributed by atoms with E-state index in [1.807, 2.05) is 19.0 Å². The van der Waals surface area contributed by atoms with Gasteiger partial charge in [-0.05, 0) is 31.8 Å². The Balaban J connectivity index is 2.72. The van der Waals surface area contributed by atoms with Crippen molar-refractivity contribution in [2.75, 3.05) is 34.3 Å². The van der Waals surface area contributed by atoms with Crippen LogP contribution in [0.3, 0.4) is 0 Å².